The van der Waals surface area contributed by atoms with E-state index in [0.29, 0.717) is 6.42 Å². The lowest BCUT2D eigenvalue weighted by Gasteiger charge is -2.12. The number of carbonyl (C=O) groups excluding carboxylic acids is 2. The van der Waals surface area contributed by atoms with Gasteiger partial charge in [0.05, 0.1) is 5.69 Å². The first-order valence-corrected chi connectivity index (χ1v) is 5.99. The maximum atomic E-state index is 13.4. The minimum atomic E-state index is -0.981. The summed E-state index contributed by atoms with van der Waals surface area (Å²) in [5, 5.41) is 13.4. The molecule has 1 atom stereocenters. The number of hydrogen-bond acceptors (Lipinski definition) is 3. The number of rotatable bonds is 4. The average Bonchev–Trinajstić information content (AvgIpc) is 2.32. The Morgan fingerprint density at radius 2 is 2.11 bits per heavy atom. The second kappa shape index (κ2) is 7.06. The zero-order valence-electron chi connectivity index (χ0n) is 10.2. The van der Waals surface area contributed by atoms with Gasteiger partial charge in [-0.3, -0.25) is 9.59 Å². The van der Waals surface area contributed by atoms with Crippen molar-refractivity contribution in [1.82, 2.24) is 5.32 Å². The van der Waals surface area contributed by atoms with Crippen molar-refractivity contribution in [2.24, 2.45) is 0 Å². The maximum Gasteiger partial charge on any atom is 0.313 e. The van der Waals surface area contributed by atoms with E-state index in [1.165, 1.54) is 12.1 Å². The topological polar surface area (TPSA) is 78.4 Å². The fourth-order valence-corrected chi connectivity index (χ4v) is 1.48. The number of amides is 2. The molecule has 0 heterocycles. The number of aliphatic hydroxyl groups is 1. The quantitative estimate of drug-likeness (QED) is 0.731. The minimum absolute atomic E-state index is 0.102. The normalized spacial score (nSPS) is 11.8. The van der Waals surface area contributed by atoms with Gasteiger partial charge in [0, 0.05) is 17.7 Å². The molecule has 1 aromatic rings. The van der Waals surface area contributed by atoms with Gasteiger partial charge < -0.3 is 15.7 Å². The molecule has 0 aliphatic heterocycles. The molecule has 5 nitrogen and oxygen atoms in total. The Morgan fingerprint density at radius 1 is 1.42 bits per heavy atom. The molecule has 0 saturated heterocycles. The first kappa shape index (κ1) is 15.4. The molecule has 0 aliphatic rings. The average molecular weight is 289 g/mol. The van der Waals surface area contributed by atoms with Crippen LogP contribution in [0, 0.1) is 5.82 Å². The molecule has 0 unspecified atom stereocenters. The SMILES string of the molecule is C[C@H](CCO)NC(=O)C(=O)Nc1ccc(Cl)cc1F. The molecule has 0 radical (unpaired) electrons. The van der Waals surface area contributed by atoms with Gasteiger partial charge in [0.2, 0.25) is 0 Å². The highest BCUT2D eigenvalue weighted by Crippen LogP contribution is 2.18. The standard InChI is InChI=1S/C12H14ClFN2O3/c1-7(4-5-17)15-11(18)12(19)16-10-3-2-8(13)6-9(10)14/h2-3,6-7,17H,4-5H2,1H3,(H,15,18)(H,16,19)/t7-/m1/s1. The smallest absolute Gasteiger partial charge is 0.313 e. The summed E-state index contributed by atoms with van der Waals surface area (Å²) in [6.45, 7) is 1.54. The highest BCUT2D eigenvalue weighted by molar-refractivity contribution is 6.39. The van der Waals surface area contributed by atoms with Crippen molar-refractivity contribution in [3.05, 3.63) is 29.0 Å². The van der Waals surface area contributed by atoms with Crippen LogP contribution in [0.1, 0.15) is 13.3 Å². The van der Waals surface area contributed by atoms with Crippen LogP contribution in [0.3, 0.4) is 0 Å². The molecule has 7 heteroatoms. The fraction of sp³-hybridized carbons (Fsp3) is 0.333. The number of hydrogen-bond donors (Lipinski definition) is 3. The molecule has 0 aliphatic carbocycles. The number of carbonyl (C=O) groups is 2. The molecule has 0 saturated carbocycles. The van der Waals surface area contributed by atoms with Gasteiger partial charge in [0.25, 0.3) is 0 Å². The van der Waals surface area contributed by atoms with Crippen molar-refractivity contribution >= 4 is 29.1 Å². The third kappa shape index (κ3) is 4.84. The fourth-order valence-electron chi connectivity index (χ4n) is 1.33. The van der Waals surface area contributed by atoms with E-state index >= 15 is 0 Å². The van der Waals surface area contributed by atoms with E-state index in [1.54, 1.807) is 6.92 Å². The van der Waals surface area contributed by atoms with Crippen molar-refractivity contribution in [1.29, 1.82) is 0 Å². The van der Waals surface area contributed by atoms with Gasteiger partial charge in [-0.25, -0.2) is 4.39 Å². The lowest BCUT2D eigenvalue weighted by Crippen LogP contribution is -2.41. The summed E-state index contributed by atoms with van der Waals surface area (Å²) in [4.78, 5) is 23.0. The van der Waals surface area contributed by atoms with Crippen molar-refractivity contribution in [3.63, 3.8) is 0 Å². The molecule has 0 aromatic heterocycles. The molecular formula is C12H14ClFN2O3. The highest BCUT2D eigenvalue weighted by atomic mass is 35.5. The van der Waals surface area contributed by atoms with Crippen molar-refractivity contribution < 1.29 is 19.1 Å². The zero-order chi connectivity index (χ0) is 14.4. The van der Waals surface area contributed by atoms with Crippen LogP contribution in [0.4, 0.5) is 10.1 Å². The van der Waals surface area contributed by atoms with Gasteiger partial charge >= 0.3 is 11.8 Å². The van der Waals surface area contributed by atoms with Crippen LogP contribution >= 0.6 is 11.6 Å². The molecule has 1 aromatic carbocycles. The summed E-state index contributed by atoms with van der Waals surface area (Å²) in [7, 11) is 0. The first-order chi connectivity index (χ1) is 8.93. The Morgan fingerprint density at radius 3 is 2.68 bits per heavy atom. The lowest BCUT2D eigenvalue weighted by molar-refractivity contribution is -0.136. The van der Waals surface area contributed by atoms with Crippen LogP contribution in [-0.4, -0.2) is 29.6 Å². The predicted molar refractivity (Wildman–Crippen MR) is 69.3 cm³/mol. The zero-order valence-corrected chi connectivity index (χ0v) is 11.0. The van der Waals surface area contributed by atoms with Crippen LogP contribution in [0.5, 0.6) is 0 Å². The number of benzene rings is 1. The molecule has 1 rings (SSSR count). The summed E-state index contributed by atoms with van der Waals surface area (Å²) < 4.78 is 13.4. The maximum absolute atomic E-state index is 13.4. The predicted octanol–water partition coefficient (Wildman–Crippen LogP) is 1.30. The molecular weight excluding hydrogens is 275 g/mol. The van der Waals surface area contributed by atoms with Crippen LogP contribution < -0.4 is 10.6 Å². The van der Waals surface area contributed by atoms with Gasteiger partial charge in [-0.15, -0.1) is 0 Å². The summed E-state index contributed by atoms with van der Waals surface area (Å²) in [5.41, 5.74) is -0.126. The van der Waals surface area contributed by atoms with Gasteiger partial charge in [-0.2, -0.15) is 0 Å². The van der Waals surface area contributed by atoms with E-state index < -0.39 is 17.6 Å². The van der Waals surface area contributed by atoms with Crippen molar-refractivity contribution in [2.45, 2.75) is 19.4 Å². The highest BCUT2D eigenvalue weighted by Gasteiger charge is 2.17. The molecule has 0 bridgehead atoms. The summed E-state index contributed by atoms with van der Waals surface area (Å²) in [5.74, 6) is -2.60. The summed E-state index contributed by atoms with van der Waals surface area (Å²) >= 11 is 5.56. The number of anilines is 1. The van der Waals surface area contributed by atoms with Gasteiger partial charge in [-0.1, -0.05) is 11.6 Å². The third-order valence-electron chi connectivity index (χ3n) is 2.33. The van der Waals surface area contributed by atoms with E-state index in [0.717, 1.165) is 6.07 Å². The Hall–Kier alpha value is -1.66. The third-order valence-corrected chi connectivity index (χ3v) is 2.56. The van der Waals surface area contributed by atoms with Gasteiger partial charge in [-0.05, 0) is 31.5 Å². The van der Waals surface area contributed by atoms with E-state index in [1.807, 2.05) is 0 Å². The van der Waals surface area contributed by atoms with Gasteiger partial charge in [0.1, 0.15) is 5.82 Å². The second-order valence-corrected chi connectivity index (χ2v) is 4.40. The Kier molecular flexibility index (Phi) is 5.72. The van der Waals surface area contributed by atoms with Gasteiger partial charge in [0.15, 0.2) is 0 Å². The van der Waals surface area contributed by atoms with Crippen LogP contribution in [0.2, 0.25) is 5.02 Å². The van der Waals surface area contributed by atoms with E-state index in [2.05, 4.69) is 10.6 Å². The minimum Gasteiger partial charge on any atom is -0.396 e. The Bertz CT molecular complexity index is 482. The molecule has 0 fully saturated rings. The molecule has 104 valence electrons. The Balaban J connectivity index is 2.61. The van der Waals surface area contributed by atoms with Crippen LogP contribution in [0.15, 0.2) is 18.2 Å². The Labute approximate surface area is 114 Å². The van der Waals surface area contributed by atoms with E-state index in [-0.39, 0.29) is 23.4 Å². The lowest BCUT2D eigenvalue weighted by atomic mass is 10.2. The summed E-state index contributed by atoms with van der Waals surface area (Å²) in [6, 6.07) is 3.34. The van der Waals surface area contributed by atoms with Crippen LogP contribution in [-0.2, 0) is 9.59 Å². The number of halogens is 2. The summed E-state index contributed by atoms with van der Waals surface area (Å²) in [6.07, 6.45) is 0.328. The molecule has 19 heavy (non-hydrogen) atoms. The number of aliphatic hydroxyl groups excluding tert-OH is 1. The number of nitrogens with one attached hydrogen (secondary N) is 2. The first-order valence-electron chi connectivity index (χ1n) is 5.61. The van der Waals surface area contributed by atoms with Crippen molar-refractivity contribution in [3.8, 4) is 0 Å². The molecule has 3 N–H and O–H groups in total. The van der Waals surface area contributed by atoms with E-state index in [9.17, 15) is 14.0 Å². The molecule has 2 amide bonds. The van der Waals surface area contributed by atoms with Crippen molar-refractivity contribution in [2.75, 3.05) is 11.9 Å². The van der Waals surface area contributed by atoms with E-state index in [4.69, 9.17) is 16.7 Å². The van der Waals surface area contributed by atoms with Crippen LogP contribution in [0.25, 0.3) is 0 Å². The largest absolute Gasteiger partial charge is 0.396 e. The second-order valence-electron chi connectivity index (χ2n) is 3.97. The monoisotopic (exact) mass is 288 g/mol. The molecule has 0 spiro atoms.